The number of hydrogen-bond acceptors (Lipinski definition) is 6. The van der Waals surface area contributed by atoms with Crippen LogP contribution in [-0.4, -0.2) is 47.3 Å². The molecule has 0 spiro atoms. The topological polar surface area (TPSA) is 165 Å². The van der Waals surface area contributed by atoms with Gasteiger partial charge in [-0.3, -0.25) is 14.4 Å². The summed E-state index contributed by atoms with van der Waals surface area (Å²) in [5.74, 6) is -4.86. The number of aliphatic carboxylic acids is 1. The number of allylic oxidation sites excluding steroid dienone is 2. The third kappa shape index (κ3) is 4.10. The molecule has 0 aliphatic heterocycles. The molecule has 142 valence electrons. The van der Waals surface area contributed by atoms with Crippen LogP contribution >= 0.6 is 0 Å². The maximum absolute atomic E-state index is 13.2. The normalized spacial score (nSPS) is 21.1. The van der Waals surface area contributed by atoms with Gasteiger partial charge in [0, 0.05) is 11.3 Å². The highest BCUT2D eigenvalue weighted by atomic mass is 16.4. The molecular weight excluding hydrogens is 352 g/mol. The Balaban J connectivity index is 2.59. The van der Waals surface area contributed by atoms with E-state index in [4.69, 9.17) is 11.5 Å². The first-order valence-corrected chi connectivity index (χ1v) is 8.08. The van der Waals surface area contributed by atoms with Crippen LogP contribution in [0, 0.1) is 5.92 Å². The number of nitrogens with one attached hydrogen (secondary N) is 2. The number of ketones is 1. The minimum Gasteiger partial charge on any atom is -0.479 e. The van der Waals surface area contributed by atoms with E-state index in [0.717, 1.165) is 0 Å². The van der Waals surface area contributed by atoms with Crippen molar-refractivity contribution in [3.05, 3.63) is 59.8 Å². The summed E-state index contributed by atoms with van der Waals surface area (Å²) in [6.07, 6.45) is 3.92. The number of hydrogen-bond donors (Lipinski definition) is 5. The largest absolute Gasteiger partial charge is 0.479 e. The Labute approximate surface area is 155 Å². The van der Waals surface area contributed by atoms with E-state index in [1.807, 2.05) is 0 Å². The molecule has 0 heterocycles. The number of rotatable bonds is 7. The van der Waals surface area contributed by atoms with Gasteiger partial charge in [0.25, 0.3) is 0 Å². The molecule has 0 aromatic heterocycles. The summed E-state index contributed by atoms with van der Waals surface area (Å²) in [4.78, 5) is 49.0. The van der Waals surface area contributed by atoms with Crippen LogP contribution in [0.3, 0.4) is 0 Å². The van der Waals surface area contributed by atoms with Crippen molar-refractivity contribution in [1.29, 1.82) is 0 Å². The van der Waals surface area contributed by atoms with Crippen molar-refractivity contribution in [3.8, 4) is 0 Å². The van der Waals surface area contributed by atoms with Crippen LogP contribution in [0.1, 0.15) is 10.4 Å². The van der Waals surface area contributed by atoms with E-state index < -0.39 is 41.6 Å². The number of carboxylic acid groups (broad SMARTS) is 1. The lowest BCUT2D eigenvalue weighted by Crippen LogP contribution is -2.63. The maximum Gasteiger partial charge on any atom is 0.334 e. The number of carbonyl (C=O) groups excluding carboxylic acids is 3. The van der Waals surface area contributed by atoms with E-state index in [2.05, 4.69) is 10.6 Å². The van der Waals surface area contributed by atoms with Gasteiger partial charge in [0.15, 0.2) is 11.3 Å². The lowest BCUT2D eigenvalue weighted by Gasteiger charge is -2.37. The predicted octanol–water partition coefficient (Wildman–Crippen LogP) is -1.09. The Morgan fingerprint density at radius 2 is 1.67 bits per heavy atom. The van der Waals surface area contributed by atoms with E-state index in [9.17, 15) is 24.3 Å². The molecule has 0 fully saturated rings. The monoisotopic (exact) mass is 372 g/mol. The Kier molecular flexibility index (Phi) is 6.22. The molecule has 0 saturated carbocycles. The molecule has 0 radical (unpaired) electrons. The van der Waals surface area contributed by atoms with Crippen molar-refractivity contribution in [2.24, 2.45) is 17.4 Å². The number of Topliss-reactive ketones (excluding diaryl/α,β-unsaturated/α-hetero) is 1. The molecule has 1 aliphatic carbocycles. The van der Waals surface area contributed by atoms with Gasteiger partial charge in [-0.25, -0.2) is 4.79 Å². The fraction of sp³-hybridized carbons (Fsp3) is 0.222. The molecule has 2 unspecified atom stereocenters. The summed E-state index contributed by atoms with van der Waals surface area (Å²) in [7, 11) is 0. The molecule has 27 heavy (non-hydrogen) atoms. The predicted molar refractivity (Wildman–Crippen MR) is 96.2 cm³/mol. The first-order valence-electron chi connectivity index (χ1n) is 8.08. The quantitative estimate of drug-likeness (QED) is 0.379. The summed E-state index contributed by atoms with van der Waals surface area (Å²) < 4.78 is 0. The highest BCUT2D eigenvalue weighted by Gasteiger charge is 2.52. The van der Waals surface area contributed by atoms with Gasteiger partial charge in [0.1, 0.15) is 5.92 Å². The average Bonchev–Trinajstić information content (AvgIpc) is 2.67. The fourth-order valence-electron chi connectivity index (χ4n) is 2.83. The molecule has 9 nitrogen and oxygen atoms in total. The van der Waals surface area contributed by atoms with Crippen molar-refractivity contribution in [3.63, 3.8) is 0 Å². The third-order valence-corrected chi connectivity index (χ3v) is 4.08. The van der Waals surface area contributed by atoms with E-state index in [0.29, 0.717) is 0 Å². The molecule has 7 N–H and O–H groups in total. The van der Waals surface area contributed by atoms with Gasteiger partial charge in [0.2, 0.25) is 11.8 Å². The second kappa shape index (κ2) is 8.39. The molecule has 9 heteroatoms. The van der Waals surface area contributed by atoms with Crippen LogP contribution < -0.4 is 22.1 Å². The van der Waals surface area contributed by atoms with Gasteiger partial charge in [-0.05, 0) is 12.2 Å². The highest BCUT2D eigenvalue weighted by Crippen LogP contribution is 2.33. The highest BCUT2D eigenvalue weighted by molar-refractivity contribution is 6.06. The van der Waals surface area contributed by atoms with E-state index in [1.165, 1.54) is 30.4 Å². The van der Waals surface area contributed by atoms with Crippen molar-refractivity contribution >= 4 is 23.6 Å². The van der Waals surface area contributed by atoms with Gasteiger partial charge >= 0.3 is 5.97 Å². The van der Waals surface area contributed by atoms with Crippen LogP contribution in [0.25, 0.3) is 0 Å². The van der Waals surface area contributed by atoms with Crippen molar-refractivity contribution < 1.29 is 24.3 Å². The summed E-state index contributed by atoms with van der Waals surface area (Å²) in [6.45, 7) is -0.828. The molecule has 2 atom stereocenters. The zero-order valence-electron chi connectivity index (χ0n) is 14.3. The molecule has 2 rings (SSSR count). The zero-order valence-corrected chi connectivity index (χ0v) is 14.3. The van der Waals surface area contributed by atoms with Crippen LogP contribution in [0.2, 0.25) is 0 Å². The van der Waals surface area contributed by atoms with Crippen molar-refractivity contribution in [2.45, 2.75) is 5.54 Å². The van der Waals surface area contributed by atoms with Crippen molar-refractivity contribution in [1.82, 2.24) is 10.6 Å². The molecule has 1 aromatic carbocycles. The minimum absolute atomic E-state index is 0.0153. The first-order chi connectivity index (χ1) is 12.9. The lowest BCUT2D eigenvalue weighted by atomic mass is 9.74. The maximum atomic E-state index is 13.2. The van der Waals surface area contributed by atoms with Crippen LogP contribution in [-0.2, 0) is 14.4 Å². The van der Waals surface area contributed by atoms with Gasteiger partial charge in [-0.15, -0.1) is 0 Å². The third-order valence-electron chi connectivity index (χ3n) is 4.08. The smallest absolute Gasteiger partial charge is 0.334 e. The molecule has 1 aliphatic rings. The van der Waals surface area contributed by atoms with Gasteiger partial charge < -0.3 is 27.2 Å². The zero-order chi connectivity index (χ0) is 20.0. The summed E-state index contributed by atoms with van der Waals surface area (Å²) in [5.41, 5.74) is 8.73. The lowest BCUT2D eigenvalue weighted by molar-refractivity contribution is -0.146. The second-order valence-corrected chi connectivity index (χ2v) is 5.82. The molecule has 2 amide bonds. The van der Waals surface area contributed by atoms with E-state index >= 15 is 0 Å². The fourth-order valence-corrected chi connectivity index (χ4v) is 2.83. The average molecular weight is 372 g/mol. The summed E-state index contributed by atoms with van der Waals surface area (Å²) in [6, 6.07) is 7.97. The second-order valence-electron chi connectivity index (χ2n) is 5.82. The van der Waals surface area contributed by atoms with Crippen molar-refractivity contribution in [2.75, 3.05) is 13.1 Å². The number of nitrogens with two attached hydrogens (primary N) is 2. The molecular formula is C18H20N4O5. The van der Waals surface area contributed by atoms with Gasteiger partial charge in [0.05, 0.1) is 13.1 Å². The summed E-state index contributed by atoms with van der Waals surface area (Å²) >= 11 is 0. The standard InChI is InChI=1S/C18H20N4O5/c19-9-13(23)21-12-7-4-8-18(17(26)27,22-14(24)10-20)15(12)16(25)11-5-2-1-3-6-11/h1-8,15H,9-10,19-20H2,(H,21,23)(H,22,24)(H,26,27). The molecule has 0 saturated heterocycles. The van der Waals surface area contributed by atoms with E-state index in [1.54, 1.807) is 18.2 Å². The number of carbonyl (C=O) groups is 4. The number of carboxylic acids is 1. The Bertz CT molecular complexity index is 818. The Morgan fingerprint density at radius 3 is 2.22 bits per heavy atom. The Morgan fingerprint density at radius 1 is 1.04 bits per heavy atom. The van der Waals surface area contributed by atoms with Crippen LogP contribution in [0.15, 0.2) is 54.3 Å². The first kappa shape index (κ1) is 20.0. The molecule has 0 bridgehead atoms. The molecule has 1 aromatic rings. The number of amides is 2. The minimum atomic E-state index is -2.12. The summed E-state index contributed by atoms with van der Waals surface area (Å²) in [5, 5.41) is 14.6. The number of benzene rings is 1. The van der Waals surface area contributed by atoms with E-state index in [-0.39, 0.29) is 17.8 Å². The van der Waals surface area contributed by atoms with Crippen LogP contribution in [0.5, 0.6) is 0 Å². The Hall–Kier alpha value is -3.30. The van der Waals surface area contributed by atoms with Gasteiger partial charge in [-0.2, -0.15) is 0 Å². The SMILES string of the molecule is NCC(=O)NC1=CC=CC(NC(=O)CN)(C(=O)O)C1C(=O)c1ccccc1. The van der Waals surface area contributed by atoms with Crippen LogP contribution in [0.4, 0.5) is 0 Å². The van der Waals surface area contributed by atoms with Gasteiger partial charge in [-0.1, -0.05) is 36.4 Å².